The zero-order valence-electron chi connectivity index (χ0n) is 15.9. The second-order valence-corrected chi connectivity index (χ2v) is 7.75. The van der Waals surface area contributed by atoms with Gasteiger partial charge >= 0.3 is 0 Å². The summed E-state index contributed by atoms with van der Waals surface area (Å²) in [6, 6.07) is 19.7. The third-order valence-electron chi connectivity index (χ3n) is 5.01. The van der Waals surface area contributed by atoms with Gasteiger partial charge in [0.05, 0.1) is 16.1 Å². The van der Waals surface area contributed by atoms with Crippen molar-refractivity contribution >= 4 is 44.8 Å². The van der Waals surface area contributed by atoms with Crippen molar-refractivity contribution in [2.45, 2.75) is 6.04 Å². The van der Waals surface area contributed by atoms with Crippen molar-refractivity contribution in [3.05, 3.63) is 110 Å². The summed E-state index contributed by atoms with van der Waals surface area (Å²) in [4.78, 5) is 38.5. The molecule has 0 aromatic heterocycles. The molecule has 3 aromatic rings. The summed E-state index contributed by atoms with van der Waals surface area (Å²) in [7, 11) is 0. The first-order valence-electron chi connectivity index (χ1n) is 9.25. The van der Waals surface area contributed by atoms with Crippen molar-refractivity contribution < 1.29 is 19.6 Å². The molecule has 31 heavy (non-hydrogen) atoms. The van der Waals surface area contributed by atoms with Crippen molar-refractivity contribution in [2.75, 3.05) is 4.90 Å². The molecule has 0 saturated carbocycles. The van der Waals surface area contributed by atoms with Gasteiger partial charge in [-0.3, -0.25) is 24.6 Å². The predicted octanol–water partition coefficient (Wildman–Crippen LogP) is 4.98. The third kappa shape index (κ3) is 3.62. The highest BCUT2D eigenvalue weighted by molar-refractivity contribution is 9.10. The van der Waals surface area contributed by atoms with Crippen LogP contribution >= 0.6 is 15.9 Å². The quantitative estimate of drug-likeness (QED) is 0.187. The SMILES string of the molecule is O=C1C(=O)N(c2cccc(Br)c2)C(c2ccccc2[N+](=O)[O-])C1=C(O)c1ccccc1. The predicted molar refractivity (Wildman–Crippen MR) is 118 cm³/mol. The summed E-state index contributed by atoms with van der Waals surface area (Å²) >= 11 is 3.35. The lowest BCUT2D eigenvalue weighted by atomic mass is 9.94. The Kier molecular flexibility index (Phi) is 5.39. The van der Waals surface area contributed by atoms with Crippen molar-refractivity contribution in [3.63, 3.8) is 0 Å². The molecule has 4 rings (SSSR count). The molecule has 1 saturated heterocycles. The number of ketones is 1. The molecule has 8 heteroatoms. The highest BCUT2D eigenvalue weighted by Crippen LogP contribution is 2.45. The standard InChI is InChI=1S/C23H15BrN2O5/c24-15-9-6-10-16(13-15)25-20(17-11-4-5-12-18(17)26(30)31)19(22(28)23(25)29)21(27)14-7-2-1-3-8-14/h1-13,20,27H. The summed E-state index contributed by atoms with van der Waals surface area (Å²) in [5, 5.41) is 22.7. The van der Waals surface area contributed by atoms with Crippen LogP contribution < -0.4 is 4.90 Å². The lowest BCUT2D eigenvalue weighted by Crippen LogP contribution is -2.29. The minimum atomic E-state index is -1.17. The smallest absolute Gasteiger partial charge is 0.300 e. The lowest BCUT2D eigenvalue weighted by molar-refractivity contribution is -0.385. The van der Waals surface area contributed by atoms with Gasteiger partial charge in [0.1, 0.15) is 11.8 Å². The van der Waals surface area contributed by atoms with Crippen LogP contribution in [-0.4, -0.2) is 21.7 Å². The number of anilines is 1. The van der Waals surface area contributed by atoms with E-state index in [4.69, 9.17) is 0 Å². The van der Waals surface area contributed by atoms with Crippen LogP contribution in [-0.2, 0) is 9.59 Å². The monoisotopic (exact) mass is 478 g/mol. The minimum absolute atomic E-state index is 0.129. The summed E-state index contributed by atoms with van der Waals surface area (Å²) < 4.78 is 0.663. The molecule has 3 aromatic carbocycles. The van der Waals surface area contributed by atoms with E-state index >= 15 is 0 Å². The summed E-state index contributed by atoms with van der Waals surface area (Å²) in [6.07, 6.45) is 0. The number of para-hydroxylation sites is 1. The number of aliphatic hydroxyl groups is 1. The van der Waals surface area contributed by atoms with Gasteiger partial charge in [0.25, 0.3) is 17.4 Å². The van der Waals surface area contributed by atoms with E-state index in [0.29, 0.717) is 15.7 Å². The highest BCUT2D eigenvalue weighted by Gasteiger charge is 2.48. The molecule has 0 bridgehead atoms. The van der Waals surface area contributed by atoms with Crippen molar-refractivity contribution in [2.24, 2.45) is 0 Å². The first-order valence-corrected chi connectivity index (χ1v) is 10.0. The number of hydrogen-bond donors (Lipinski definition) is 1. The first kappa shape index (κ1) is 20.5. The Morgan fingerprint density at radius 3 is 2.32 bits per heavy atom. The van der Waals surface area contributed by atoms with Crippen LogP contribution in [0.1, 0.15) is 17.2 Å². The first-order chi connectivity index (χ1) is 14.9. The van der Waals surface area contributed by atoms with E-state index in [0.717, 1.165) is 0 Å². The number of hydrogen-bond acceptors (Lipinski definition) is 5. The van der Waals surface area contributed by atoms with Crippen molar-refractivity contribution in [3.8, 4) is 0 Å². The zero-order chi connectivity index (χ0) is 22.1. The normalized spacial score (nSPS) is 17.7. The molecule has 1 heterocycles. The fourth-order valence-electron chi connectivity index (χ4n) is 3.66. The number of benzene rings is 3. The summed E-state index contributed by atoms with van der Waals surface area (Å²) in [5.41, 5.74) is 0.369. The Balaban J connectivity index is 2.02. The molecule has 1 unspecified atom stereocenters. The van der Waals surface area contributed by atoms with Crippen LogP contribution in [0.2, 0.25) is 0 Å². The maximum atomic E-state index is 13.1. The van der Waals surface area contributed by atoms with Crippen molar-refractivity contribution in [1.82, 2.24) is 0 Å². The average molecular weight is 479 g/mol. The van der Waals surface area contributed by atoms with E-state index in [1.54, 1.807) is 60.7 Å². The molecule has 1 atom stereocenters. The fourth-order valence-corrected chi connectivity index (χ4v) is 4.04. The number of nitrogens with zero attached hydrogens (tertiary/aromatic N) is 2. The number of Topliss-reactive ketones (excluding diaryl/α,β-unsaturated/α-hetero) is 1. The molecular weight excluding hydrogens is 464 g/mol. The average Bonchev–Trinajstić information content (AvgIpc) is 3.04. The van der Waals surface area contributed by atoms with Crippen LogP contribution in [0.15, 0.2) is 88.9 Å². The molecule has 1 aliphatic rings. The number of amides is 1. The van der Waals surface area contributed by atoms with Gasteiger partial charge in [-0.2, -0.15) is 0 Å². The molecule has 0 radical (unpaired) electrons. The lowest BCUT2D eigenvalue weighted by Gasteiger charge is -2.25. The molecule has 0 spiro atoms. The maximum absolute atomic E-state index is 13.1. The van der Waals surface area contributed by atoms with Gasteiger partial charge in [-0.25, -0.2) is 0 Å². The van der Waals surface area contributed by atoms with Gasteiger partial charge < -0.3 is 5.11 Å². The largest absolute Gasteiger partial charge is 0.507 e. The van der Waals surface area contributed by atoms with E-state index in [9.17, 15) is 24.8 Å². The molecule has 7 nitrogen and oxygen atoms in total. The second kappa shape index (κ2) is 8.16. The van der Waals surface area contributed by atoms with Gasteiger partial charge in [0.2, 0.25) is 0 Å². The van der Waals surface area contributed by atoms with E-state index in [2.05, 4.69) is 15.9 Å². The summed E-state index contributed by atoms with van der Waals surface area (Å²) in [5.74, 6) is -2.18. The van der Waals surface area contributed by atoms with Gasteiger partial charge in [0.15, 0.2) is 0 Å². The zero-order valence-corrected chi connectivity index (χ0v) is 17.5. The number of nitro groups is 1. The third-order valence-corrected chi connectivity index (χ3v) is 5.50. The molecule has 1 N–H and O–H groups in total. The molecule has 1 amide bonds. The molecular formula is C23H15BrN2O5. The molecule has 0 aliphatic carbocycles. The van der Waals surface area contributed by atoms with Crippen LogP contribution in [0.4, 0.5) is 11.4 Å². The fraction of sp³-hybridized carbons (Fsp3) is 0.0435. The Bertz CT molecular complexity index is 1240. The Morgan fingerprint density at radius 2 is 1.65 bits per heavy atom. The second-order valence-electron chi connectivity index (χ2n) is 6.83. The number of rotatable bonds is 4. The summed E-state index contributed by atoms with van der Waals surface area (Å²) in [6.45, 7) is 0. The minimum Gasteiger partial charge on any atom is -0.507 e. The number of halogens is 1. The maximum Gasteiger partial charge on any atom is 0.300 e. The van der Waals surface area contributed by atoms with Gasteiger partial charge in [0, 0.05) is 21.8 Å². The molecule has 1 aliphatic heterocycles. The van der Waals surface area contributed by atoms with E-state index in [1.807, 2.05) is 0 Å². The van der Waals surface area contributed by atoms with Crippen LogP contribution in [0.3, 0.4) is 0 Å². The van der Waals surface area contributed by atoms with Crippen LogP contribution in [0.25, 0.3) is 5.76 Å². The van der Waals surface area contributed by atoms with Crippen LogP contribution in [0, 0.1) is 10.1 Å². The van der Waals surface area contributed by atoms with Gasteiger partial charge in [-0.05, 0) is 24.3 Å². The van der Waals surface area contributed by atoms with E-state index in [-0.39, 0.29) is 22.6 Å². The van der Waals surface area contributed by atoms with Gasteiger partial charge in [-0.1, -0.05) is 64.5 Å². The Labute approximate surface area is 185 Å². The number of aliphatic hydroxyl groups excluding tert-OH is 1. The van der Waals surface area contributed by atoms with E-state index < -0.39 is 22.7 Å². The molecule has 154 valence electrons. The molecule has 1 fully saturated rings. The van der Waals surface area contributed by atoms with Crippen LogP contribution in [0.5, 0.6) is 0 Å². The van der Waals surface area contributed by atoms with Gasteiger partial charge in [-0.15, -0.1) is 0 Å². The number of carbonyl (C=O) groups excluding carboxylic acids is 2. The topological polar surface area (TPSA) is 101 Å². The Morgan fingerprint density at radius 1 is 0.968 bits per heavy atom. The number of nitro benzene ring substituents is 1. The van der Waals surface area contributed by atoms with Crippen molar-refractivity contribution in [1.29, 1.82) is 0 Å². The number of carbonyl (C=O) groups is 2. The highest BCUT2D eigenvalue weighted by atomic mass is 79.9. The van der Waals surface area contributed by atoms with E-state index in [1.165, 1.54) is 23.1 Å². The Hall–Kier alpha value is -3.78.